The Morgan fingerprint density at radius 1 is 1.62 bits per heavy atom. The molecule has 1 unspecified atom stereocenters. The van der Waals surface area contributed by atoms with Crippen LogP contribution < -0.4 is 5.32 Å². The number of fused-ring (bicyclic) bond motifs is 1. The first-order chi connectivity index (χ1) is 6.28. The quantitative estimate of drug-likeness (QED) is 0.498. The third-order valence-corrected chi connectivity index (χ3v) is 2.58. The summed E-state index contributed by atoms with van der Waals surface area (Å²) in [7, 11) is 0. The first kappa shape index (κ1) is 8.65. The Morgan fingerprint density at radius 2 is 2.46 bits per heavy atom. The van der Waals surface area contributed by atoms with Crippen molar-refractivity contribution < 1.29 is 14.3 Å². The van der Waals surface area contributed by atoms with Crippen LogP contribution in [0.2, 0.25) is 0 Å². The predicted molar refractivity (Wildman–Crippen MR) is 44.2 cm³/mol. The molecule has 2 saturated heterocycles. The molecule has 0 spiro atoms. The number of carbonyl (C=O) groups excluding carboxylic acids is 2. The molecule has 2 rings (SSSR count). The van der Waals surface area contributed by atoms with E-state index in [9.17, 15) is 9.59 Å². The minimum Gasteiger partial charge on any atom is -0.377 e. The summed E-state index contributed by atoms with van der Waals surface area (Å²) in [5, 5.41) is 2.92. The van der Waals surface area contributed by atoms with E-state index < -0.39 is 5.54 Å². The number of hydrogen-bond donors (Lipinski definition) is 1. The molecule has 5 heteroatoms. The van der Waals surface area contributed by atoms with E-state index in [2.05, 4.69) is 5.32 Å². The van der Waals surface area contributed by atoms with Crippen LogP contribution in [0.1, 0.15) is 0 Å². The lowest BCUT2D eigenvalue weighted by atomic mass is 9.96. The van der Waals surface area contributed by atoms with E-state index in [0.717, 1.165) is 6.29 Å². The number of rotatable bonds is 1. The Kier molecular flexibility index (Phi) is 2.05. The van der Waals surface area contributed by atoms with Crippen LogP contribution in [0.25, 0.3) is 0 Å². The van der Waals surface area contributed by atoms with Crippen molar-refractivity contribution in [3.8, 4) is 0 Å². The number of hydrogen-bond acceptors (Lipinski definition) is 4. The largest absolute Gasteiger partial charge is 0.377 e. The predicted octanol–water partition coefficient (Wildman–Crippen LogP) is -1.61. The molecule has 5 nitrogen and oxygen atoms in total. The van der Waals surface area contributed by atoms with E-state index in [1.54, 1.807) is 4.90 Å². The third-order valence-electron chi connectivity index (χ3n) is 2.58. The van der Waals surface area contributed by atoms with Crippen molar-refractivity contribution in [2.45, 2.75) is 5.54 Å². The first-order valence-electron chi connectivity index (χ1n) is 4.34. The number of morpholine rings is 1. The number of nitrogens with one attached hydrogen (secondary N) is 1. The average molecular weight is 184 g/mol. The lowest BCUT2D eigenvalue weighted by Crippen LogP contribution is -2.69. The average Bonchev–Trinajstić information content (AvgIpc) is 2.18. The zero-order chi connectivity index (χ0) is 9.31. The Labute approximate surface area is 76.0 Å². The lowest BCUT2D eigenvalue weighted by molar-refractivity contribution is -0.157. The van der Waals surface area contributed by atoms with Gasteiger partial charge in [-0.15, -0.1) is 0 Å². The maximum atomic E-state index is 11.4. The molecule has 0 aliphatic carbocycles. The van der Waals surface area contributed by atoms with Crippen LogP contribution in [0.15, 0.2) is 0 Å². The van der Waals surface area contributed by atoms with Crippen molar-refractivity contribution >= 4 is 12.2 Å². The summed E-state index contributed by atoms with van der Waals surface area (Å²) in [4.78, 5) is 24.0. The zero-order valence-corrected chi connectivity index (χ0v) is 7.28. The zero-order valence-electron chi connectivity index (χ0n) is 7.28. The van der Waals surface area contributed by atoms with Gasteiger partial charge < -0.3 is 19.7 Å². The van der Waals surface area contributed by atoms with Crippen LogP contribution >= 0.6 is 0 Å². The Morgan fingerprint density at radius 3 is 3.15 bits per heavy atom. The second kappa shape index (κ2) is 3.08. The van der Waals surface area contributed by atoms with Crippen molar-refractivity contribution in [2.24, 2.45) is 0 Å². The molecule has 72 valence electrons. The van der Waals surface area contributed by atoms with Gasteiger partial charge in [0.15, 0.2) is 0 Å². The fourth-order valence-corrected chi connectivity index (χ4v) is 1.85. The van der Waals surface area contributed by atoms with Crippen LogP contribution in [0.4, 0.5) is 0 Å². The minimum atomic E-state index is -0.742. The molecule has 0 saturated carbocycles. The topological polar surface area (TPSA) is 58.6 Å². The molecule has 1 N–H and O–H groups in total. The van der Waals surface area contributed by atoms with E-state index in [1.165, 1.54) is 0 Å². The Bertz CT molecular complexity index is 240. The number of piperazine rings is 1. The normalized spacial score (nSPS) is 34.2. The van der Waals surface area contributed by atoms with Gasteiger partial charge in [0.05, 0.1) is 19.8 Å². The highest BCUT2D eigenvalue weighted by atomic mass is 16.5. The van der Waals surface area contributed by atoms with Gasteiger partial charge in [0, 0.05) is 13.1 Å². The van der Waals surface area contributed by atoms with Gasteiger partial charge in [0.25, 0.3) is 0 Å². The Hall–Kier alpha value is -0.940. The van der Waals surface area contributed by atoms with Gasteiger partial charge in [-0.1, -0.05) is 0 Å². The van der Waals surface area contributed by atoms with E-state index in [-0.39, 0.29) is 5.91 Å². The van der Waals surface area contributed by atoms with Crippen molar-refractivity contribution in [3.05, 3.63) is 0 Å². The number of aldehydes is 1. The molecule has 0 radical (unpaired) electrons. The molecule has 1 amide bonds. The molecule has 0 bridgehead atoms. The highest BCUT2D eigenvalue weighted by molar-refractivity contribution is 5.85. The van der Waals surface area contributed by atoms with Crippen LogP contribution in [0.3, 0.4) is 0 Å². The molecular weight excluding hydrogens is 172 g/mol. The standard InChI is InChI=1S/C8H12N2O3/c11-5-8-4-9-3-7(12)10(8)1-2-13-6-8/h5,9H,1-4,6H2. The second-order valence-corrected chi connectivity index (χ2v) is 3.42. The summed E-state index contributed by atoms with van der Waals surface area (Å²) >= 11 is 0. The second-order valence-electron chi connectivity index (χ2n) is 3.42. The van der Waals surface area contributed by atoms with E-state index in [0.29, 0.717) is 32.8 Å². The van der Waals surface area contributed by atoms with Crippen molar-refractivity contribution in [1.82, 2.24) is 10.2 Å². The van der Waals surface area contributed by atoms with E-state index in [4.69, 9.17) is 4.74 Å². The molecule has 0 aromatic rings. The van der Waals surface area contributed by atoms with Gasteiger partial charge >= 0.3 is 0 Å². The van der Waals surface area contributed by atoms with E-state index >= 15 is 0 Å². The van der Waals surface area contributed by atoms with Gasteiger partial charge in [-0.3, -0.25) is 4.79 Å². The summed E-state index contributed by atoms with van der Waals surface area (Å²) in [6.07, 6.45) is 0.816. The third kappa shape index (κ3) is 1.24. The molecule has 2 fully saturated rings. The molecule has 0 aromatic carbocycles. The summed E-state index contributed by atoms with van der Waals surface area (Å²) < 4.78 is 5.22. The summed E-state index contributed by atoms with van der Waals surface area (Å²) in [5.74, 6) is -0.0124. The molecule has 2 heterocycles. The van der Waals surface area contributed by atoms with Crippen LogP contribution in [-0.4, -0.2) is 55.5 Å². The van der Waals surface area contributed by atoms with Gasteiger partial charge in [0.2, 0.25) is 5.91 Å². The van der Waals surface area contributed by atoms with E-state index in [1.807, 2.05) is 0 Å². The number of ether oxygens (including phenoxy) is 1. The molecule has 0 aromatic heterocycles. The fraction of sp³-hybridized carbons (Fsp3) is 0.750. The van der Waals surface area contributed by atoms with Gasteiger partial charge in [-0.05, 0) is 0 Å². The Balaban J connectivity index is 2.25. The first-order valence-corrected chi connectivity index (χ1v) is 4.34. The molecule has 2 aliphatic rings. The van der Waals surface area contributed by atoms with Crippen molar-refractivity contribution in [1.29, 1.82) is 0 Å². The number of nitrogens with zero attached hydrogens (tertiary/aromatic N) is 1. The maximum Gasteiger partial charge on any atom is 0.237 e. The minimum absolute atomic E-state index is 0.0124. The van der Waals surface area contributed by atoms with Crippen molar-refractivity contribution in [2.75, 3.05) is 32.8 Å². The molecule has 1 atom stereocenters. The number of carbonyl (C=O) groups is 2. The highest BCUT2D eigenvalue weighted by Gasteiger charge is 2.44. The maximum absolute atomic E-state index is 11.4. The molecule has 13 heavy (non-hydrogen) atoms. The van der Waals surface area contributed by atoms with Crippen LogP contribution in [0, 0.1) is 0 Å². The highest BCUT2D eigenvalue weighted by Crippen LogP contribution is 2.19. The van der Waals surface area contributed by atoms with Crippen molar-refractivity contribution in [3.63, 3.8) is 0 Å². The van der Waals surface area contributed by atoms with Gasteiger partial charge in [-0.2, -0.15) is 0 Å². The summed E-state index contributed by atoms with van der Waals surface area (Å²) in [6, 6.07) is 0. The van der Waals surface area contributed by atoms with Crippen LogP contribution in [-0.2, 0) is 14.3 Å². The molecule has 2 aliphatic heterocycles. The monoisotopic (exact) mass is 184 g/mol. The SMILES string of the molecule is O=CC12CNCC(=O)N1CCOC2. The number of amides is 1. The summed E-state index contributed by atoms with van der Waals surface area (Å²) in [6.45, 7) is 2.20. The van der Waals surface area contributed by atoms with Gasteiger partial charge in [-0.25, -0.2) is 0 Å². The summed E-state index contributed by atoms with van der Waals surface area (Å²) in [5.41, 5.74) is -0.742. The van der Waals surface area contributed by atoms with Crippen LogP contribution in [0.5, 0.6) is 0 Å². The smallest absolute Gasteiger partial charge is 0.237 e. The van der Waals surface area contributed by atoms with Gasteiger partial charge in [0.1, 0.15) is 11.8 Å². The molecular formula is C8H12N2O3. The lowest BCUT2D eigenvalue weighted by Gasteiger charge is -2.46. The fourth-order valence-electron chi connectivity index (χ4n) is 1.85.